The molecule has 2 aromatic rings. The summed E-state index contributed by atoms with van der Waals surface area (Å²) in [6.45, 7) is 2.65. The Morgan fingerprint density at radius 2 is 1.69 bits per heavy atom. The molecule has 6 rings (SSSR count). The van der Waals surface area contributed by atoms with Crippen molar-refractivity contribution >= 4 is 29.1 Å². The summed E-state index contributed by atoms with van der Waals surface area (Å²) in [6, 6.07) is 8.16. The van der Waals surface area contributed by atoms with Crippen molar-refractivity contribution in [3.8, 4) is 0 Å². The molecule has 2 aliphatic heterocycles. The predicted octanol–water partition coefficient (Wildman–Crippen LogP) is 4.61. The smallest absolute Gasteiger partial charge is 0.251 e. The summed E-state index contributed by atoms with van der Waals surface area (Å²) in [4.78, 5) is 45.0. The van der Waals surface area contributed by atoms with Gasteiger partial charge in [-0.1, -0.05) is 12.8 Å². The van der Waals surface area contributed by atoms with Gasteiger partial charge in [-0.05, 0) is 94.0 Å². The number of fused-ring (bicyclic) bond motifs is 2. The van der Waals surface area contributed by atoms with Crippen molar-refractivity contribution in [3.63, 3.8) is 0 Å². The van der Waals surface area contributed by atoms with Crippen LogP contribution in [-0.4, -0.2) is 47.3 Å². The molecule has 8 nitrogen and oxygen atoms in total. The molecule has 0 radical (unpaired) electrons. The van der Waals surface area contributed by atoms with Crippen LogP contribution in [0.2, 0.25) is 0 Å². The second-order valence-electron chi connectivity index (χ2n) is 12.1. The third-order valence-corrected chi connectivity index (χ3v) is 9.24. The second-order valence-corrected chi connectivity index (χ2v) is 12.1. The van der Waals surface area contributed by atoms with Crippen molar-refractivity contribution in [2.75, 3.05) is 16.8 Å². The minimum Gasteiger partial charge on any atom is -0.384 e. The lowest BCUT2D eigenvalue weighted by atomic mass is 9.95. The third kappa shape index (κ3) is 5.38. The summed E-state index contributed by atoms with van der Waals surface area (Å²) in [5, 5.41) is 6.71. The minimum absolute atomic E-state index is 0.0760. The monoisotopic (exact) mass is 529 g/mol. The SMILES string of the molecule is Cc1cc(C(N)=O)c(NCC2CCCC2)cc1C(=O)N[C@H]1C[C@H]2CC[C@@H](C1)N2c1ccc(C(=O)C2CC2)cn1. The molecule has 0 unspecified atom stereocenters. The number of carbonyl (C=O) groups is 3. The van der Waals surface area contributed by atoms with E-state index in [9.17, 15) is 14.4 Å². The number of piperidine rings is 1. The normalized spacial score (nSPS) is 24.5. The van der Waals surface area contributed by atoms with Gasteiger partial charge in [0.05, 0.1) is 5.56 Å². The molecule has 3 heterocycles. The fourth-order valence-corrected chi connectivity index (χ4v) is 6.97. The molecule has 206 valence electrons. The van der Waals surface area contributed by atoms with Gasteiger partial charge >= 0.3 is 0 Å². The van der Waals surface area contributed by atoms with Gasteiger partial charge in [-0.15, -0.1) is 0 Å². The maximum Gasteiger partial charge on any atom is 0.251 e. The van der Waals surface area contributed by atoms with E-state index in [2.05, 4.69) is 20.5 Å². The molecule has 4 N–H and O–H groups in total. The van der Waals surface area contributed by atoms with E-state index in [1.807, 2.05) is 19.1 Å². The van der Waals surface area contributed by atoms with E-state index in [1.54, 1.807) is 18.3 Å². The number of rotatable bonds is 9. The molecule has 3 atom stereocenters. The first-order valence-corrected chi connectivity index (χ1v) is 14.6. The fraction of sp³-hybridized carbons (Fsp3) is 0.548. The summed E-state index contributed by atoms with van der Waals surface area (Å²) in [5.74, 6) is 1.34. The van der Waals surface area contributed by atoms with E-state index in [0.29, 0.717) is 40.4 Å². The van der Waals surface area contributed by atoms with E-state index in [0.717, 1.165) is 56.5 Å². The Kier molecular flexibility index (Phi) is 7.04. The number of anilines is 2. The van der Waals surface area contributed by atoms with E-state index in [-0.39, 0.29) is 23.7 Å². The average Bonchev–Trinajstić information content (AvgIpc) is 3.58. The number of aryl methyl sites for hydroxylation is 1. The van der Waals surface area contributed by atoms with Crippen LogP contribution in [-0.2, 0) is 0 Å². The summed E-state index contributed by atoms with van der Waals surface area (Å²) in [6.07, 6.45) is 12.5. The largest absolute Gasteiger partial charge is 0.384 e. The third-order valence-electron chi connectivity index (χ3n) is 9.24. The average molecular weight is 530 g/mol. The van der Waals surface area contributed by atoms with Crippen LogP contribution in [0, 0.1) is 18.8 Å². The molecular formula is C31H39N5O3. The van der Waals surface area contributed by atoms with Crippen LogP contribution in [0.3, 0.4) is 0 Å². The second kappa shape index (κ2) is 10.6. The highest BCUT2D eigenvalue weighted by Crippen LogP contribution is 2.39. The number of nitrogens with two attached hydrogens (primary N) is 1. The van der Waals surface area contributed by atoms with Gasteiger partial charge in [0, 0.05) is 53.6 Å². The Labute approximate surface area is 230 Å². The highest BCUT2D eigenvalue weighted by Gasteiger charge is 2.42. The maximum atomic E-state index is 13.5. The Balaban J connectivity index is 1.12. The van der Waals surface area contributed by atoms with Crippen molar-refractivity contribution in [3.05, 3.63) is 52.7 Å². The van der Waals surface area contributed by atoms with Gasteiger partial charge in [-0.3, -0.25) is 14.4 Å². The van der Waals surface area contributed by atoms with Gasteiger partial charge in [0.2, 0.25) is 0 Å². The summed E-state index contributed by atoms with van der Waals surface area (Å²) < 4.78 is 0. The Morgan fingerprint density at radius 3 is 2.31 bits per heavy atom. The number of ketones is 1. The van der Waals surface area contributed by atoms with E-state index >= 15 is 0 Å². The lowest BCUT2D eigenvalue weighted by Crippen LogP contribution is -2.50. The van der Waals surface area contributed by atoms with Gasteiger partial charge in [0.15, 0.2) is 5.78 Å². The Hall–Kier alpha value is -3.42. The molecule has 1 aromatic carbocycles. The number of nitrogens with one attached hydrogen (secondary N) is 2. The van der Waals surface area contributed by atoms with Crippen molar-refractivity contribution in [1.29, 1.82) is 0 Å². The highest BCUT2D eigenvalue weighted by atomic mass is 16.2. The first kappa shape index (κ1) is 25.8. The van der Waals surface area contributed by atoms with Crippen molar-refractivity contribution < 1.29 is 14.4 Å². The number of pyridine rings is 1. The molecule has 2 amide bonds. The topological polar surface area (TPSA) is 117 Å². The van der Waals surface area contributed by atoms with Crippen LogP contribution >= 0.6 is 0 Å². The molecule has 1 aromatic heterocycles. The quantitative estimate of drug-likeness (QED) is 0.408. The van der Waals surface area contributed by atoms with Crippen LogP contribution in [0.25, 0.3) is 0 Å². The molecule has 0 spiro atoms. The number of amides is 2. The fourth-order valence-electron chi connectivity index (χ4n) is 6.97. The molecular weight excluding hydrogens is 490 g/mol. The number of Topliss-reactive ketones (excluding diaryl/α,β-unsaturated/α-hetero) is 1. The van der Waals surface area contributed by atoms with Crippen molar-refractivity contribution in [2.45, 2.75) is 89.3 Å². The van der Waals surface area contributed by atoms with Crippen LogP contribution in [0.5, 0.6) is 0 Å². The first-order chi connectivity index (χ1) is 18.9. The Bertz CT molecular complexity index is 1250. The number of aromatic nitrogens is 1. The number of primary amides is 1. The number of hydrogen-bond acceptors (Lipinski definition) is 6. The zero-order valence-electron chi connectivity index (χ0n) is 22.7. The summed E-state index contributed by atoms with van der Waals surface area (Å²) >= 11 is 0. The van der Waals surface area contributed by atoms with Crippen LogP contribution in [0.4, 0.5) is 11.5 Å². The van der Waals surface area contributed by atoms with Gasteiger partial charge < -0.3 is 21.3 Å². The molecule has 39 heavy (non-hydrogen) atoms. The number of benzene rings is 1. The van der Waals surface area contributed by atoms with Crippen LogP contribution < -0.4 is 21.3 Å². The molecule has 2 saturated carbocycles. The number of carbonyl (C=O) groups excluding carboxylic acids is 3. The predicted molar refractivity (Wildman–Crippen MR) is 151 cm³/mol. The van der Waals surface area contributed by atoms with E-state index in [1.165, 1.54) is 25.7 Å². The van der Waals surface area contributed by atoms with Gasteiger partial charge in [0.1, 0.15) is 5.82 Å². The van der Waals surface area contributed by atoms with Crippen molar-refractivity contribution in [2.24, 2.45) is 17.6 Å². The standard InChI is InChI=1S/C31H39N5O3/c1-18-12-26(30(32)38)27(33-16-19-4-2-3-5-19)15-25(18)31(39)35-22-13-23-9-10-24(14-22)36(23)28-11-8-21(17-34-28)29(37)20-6-7-20/h8,11-12,15,17,19-20,22-24,33H,2-7,9-10,13-14,16H2,1H3,(H2,32,38)(H,35,39)/t22-,23+,24-. The van der Waals surface area contributed by atoms with Gasteiger partial charge in [-0.25, -0.2) is 4.98 Å². The van der Waals surface area contributed by atoms with Crippen LogP contribution in [0.1, 0.15) is 101 Å². The zero-order valence-corrected chi connectivity index (χ0v) is 22.7. The van der Waals surface area contributed by atoms with E-state index < -0.39 is 5.91 Å². The van der Waals surface area contributed by atoms with Crippen molar-refractivity contribution in [1.82, 2.24) is 10.3 Å². The molecule has 2 saturated heterocycles. The number of nitrogens with zero attached hydrogens (tertiary/aromatic N) is 2. The molecule has 2 aliphatic carbocycles. The van der Waals surface area contributed by atoms with Crippen LogP contribution in [0.15, 0.2) is 30.5 Å². The molecule has 8 heteroatoms. The van der Waals surface area contributed by atoms with Gasteiger partial charge in [0.25, 0.3) is 11.8 Å². The molecule has 4 aliphatic rings. The maximum absolute atomic E-state index is 13.5. The van der Waals surface area contributed by atoms with E-state index in [4.69, 9.17) is 5.73 Å². The lowest BCUT2D eigenvalue weighted by Gasteiger charge is -2.40. The molecule has 4 fully saturated rings. The summed E-state index contributed by atoms with van der Waals surface area (Å²) in [7, 11) is 0. The Morgan fingerprint density at radius 1 is 0.974 bits per heavy atom. The highest BCUT2D eigenvalue weighted by molar-refractivity contribution is 6.03. The first-order valence-electron chi connectivity index (χ1n) is 14.6. The zero-order chi connectivity index (χ0) is 27.1. The number of hydrogen-bond donors (Lipinski definition) is 3. The minimum atomic E-state index is -0.485. The summed E-state index contributed by atoms with van der Waals surface area (Å²) in [5.41, 5.74) is 8.80. The lowest BCUT2D eigenvalue weighted by molar-refractivity contribution is 0.0923. The molecule has 2 bridgehead atoms. The van der Waals surface area contributed by atoms with Gasteiger partial charge in [-0.2, -0.15) is 0 Å².